The van der Waals surface area contributed by atoms with Gasteiger partial charge in [0.2, 0.25) is 0 Å². The molecule has 0 amide bonds. The second-order valence-corrected chi connectivity index (χ2v) is 5.86. The number of rotatable bonds is 4. The molecule has 0 saturated heterocycles. The van der Waals surface area contributed by atoms with Crippen LogP contribution in [0.5, 0.6) is 0 Å². The average Bonchev–Trinajstić information content (AvgIpc) is 2.38. The monoisotopic (exact) mass is 258 g/mol. The molecule has 104 valence electrons. The minimum atomic E-state index is 0.275. The summed E-state index contributed by atoms with van der Waals surface area (Å²) in [5.74, 6) is 0.664. The SMILES string of the molecule is CCCc1cccc(C(=O)C2CCCCCCC2)c1. The van der Waals surface area contributed by atoms with E-state index in [1.165, 1.54) is 37.7 Å². The van der Waals surface area contributed by atoms with Gasteiger partial charge in [0.15, 0.2) is 5.78 Å². The minimum absolute atomic E-state index is 0.275. The highest BCUT2D eigenvalue weighted by molar-refractivity contribution is 5.98. The summed E-state index contributed by atoms with van der Waals surface area (Å²) in [5, 5.41) is 0. The topological polar surface area (TPSA) is 17.1 Å². The van der Waals surface area contributed by atoms with Gasteiger partial charge in [-0.2, -0.15) is 0 Å². The lowest BCUT2D eigenvalue weighted by Gasteiger charge is -2.18. The quantitative estimate of drug-likeness (QED) is 0.680. The third-order valence-corrected chi connectivity index (χ3v) is 4.23. The fraction of sp³-hybridized carbons (Fsp3) is 0.611. The molecule has 1 heteroatoms. The van der Waals surface area contributed by atoms with Gasteiger partial charge >= 0.3 is 0 Å². The van der Waals surface area contributed by atoms with Gasteiger partial charge in [-0.15, -0.1) is 0 Å². The van der Waals surface area contributed by atoms with Crippen LogP contribution in [0.4, 0.5) is 0 Å². The molecule has 0 unspecified atom stereocenters. The lowest BCUT2D eigenvalue weighted by Crippen LogP contribution is -2.16. The summed E-state index contributed by atoms with van der Waals surface area (Å²) in [4.78, 5) is 12.6. The van der Waals surface area contributed by atoms with E-state index in [9.17, 15) is 4.79 Å². The van der Waals surface area contributed by atoms with Crippen LogP contribution in [-0.2, 0) is 6.42 Å². The molecule has 1 aromatic rings. The van der Waals surface area contributed by atoms with Crippen molar-refractivity contribution in [3.8, 4) is 0 Å². The summed E-state index contributed by atoms with van der Waals surface area (Å²) >= 11 is 0. The lowest BCUT2D eigenvalue weighted by atomic mass is 9.85. The zero-order chi connectivity index (χ0) is 13.5. The molecule has 2 rings (SSSR count). The molecule has 1 aliphatic carbocycles. The number of aryl methyl sites for hydroxylation is 1. The van der Waals surface area contributed by atoms with E-state index in [4.69, 9.17) is 0 Å². The predicted molar refractivity (Wildman–Crippen MR) is 80.6 cm³/mol. The van der Waals surface area contributed by atoms with Gasteiger partial charge in [-0.25, -0.2) is 0 Å². The zero-order valence-electron chi connectivity index (χ0n) is 12.2. The maximum atomic E-state index is 12.6. The Balaban J connectivity index is 2.06. The van der Waals surface area contributed by atoms with Crippen molar-refractivity contribution < 1.29 is 4.79 Å². The van der Waals surface area contributed by atoms with Crippen LogP contribution >= 0.6 is 0 Å². The van der Waals surface area contributed by atoms with Crippen molar-refractivity contribution in [3.05, 3.63) is 35.4 Å². The van der Waals surface area contributed by atoms with Crippen molar-refractivity contribution in [2.45, 2.75) is 64.7 Å². The van der Waals surface area contributed by atoms with Crippen molar-refractivity contribution in [2.24, 2.45) is 5.92 Å². The van der Waals surface area contributed by atoms with Crippen LogP contribution in [0.15, 0.2) is 24.3 Å². The van der Waals surface area contributed by atoms with Gasteiger partial charge < -0.3 is 0 Å². The molecule has 1 aliphatic rings. The van der Waals surface area contributed by atoms with E-state index in [0.29, 0.717) is 5.78 Å². The molecule has 0 spiro atoms. The molecule has 0 aliphatic heterocycles. The molecule has 19 heavy (non-hydrogen) atoms. The van der Waals surface area contributed by atoms with E-state index in [2.05, 4.69) is 19.1 Å². The maximum absolute atomic E-state index is 12.6. The Morgan fingerprint density at radius 1 is 1.11 bits per heavy atom. The number of hydrogen-bond donors (Lipinski definition) is 0. The molecule has 0 aromatic heterocycles. The van der Waals surface area contributed by atoms with Crippen molar-refractivity contribution in [2.75, 3.05) is 0 Å². The van der Waals surface area contributed by atoms with Gasteiger partial charge in [0.05, 0.1) is 0 Å². The molecule has 0 N–H and O–H groups in total. The molecule has 0 heterocycles. The number of benzene rings is 1. The minimum Gasteiger partial charge on any atom is -0.294 e. The van der Waals surface area contributed by atoms with Crippen LogP contribution in [0.3, 0.4) is 0 Å². The van der Waals surface area contributed by atoms with Gasteiger partial charge in [0.1, 0.15) is 0 Å². The Hall–Kier alpha value is -1.11. The van der Waals surface area contributed by atoms with Gasteiger partial charge in [-0.1, -0.05) is 63.6 Å². The number of hydrogen-bond acceptors (Lipinski definition) is 1. The Kier molecular flexibility index (Phi) is 5.62. The van der Waals surface area contributed by atoms with Gasteiger partial charge in [-0.3, -0.25) is 4.79 Å². The Morgan fingerprint density at radius 3 is 2.47 bits per heavy atom. The highest BCUT2D eigenvalue weighted by atomic mass is 16.1. The molecule has 1 nitrogen and oxygen atoms in total. The second kappa shape index (κ2) is 7.47. The average molecular weight is 258 g/mol. The zero-order valence-corrected chi connectivity index (χ0v) is 12.2. The maximum Gasteiger partial charge on any atom is 0.165 e. The van der Waals surface area contributed by atoms with E-state index in [1.807, 2.05) is 12.1 Å². The lowest BCUT2D eigenvalue weighted by molar-refractivity contribution is 0.0898. The summed E-state index contributed by atoms with van der Waals surface area (Å²) < 4.78 is 0. The number of carbonyl (C=O) groups excluding carboxylic acids is 1. The van der Waals surface area contributed by atoms with E-state index in [0.717, 1.165) is 31.2 Å². The number of Topliss-reactive ketones (excluding diaryl/α,β-unsaturated/α-hetero) is 1. The largest absolute Gasteiger partial charge is 0.294 e. The smallest absolute Gasteiger partial charge is 0.165 e. The van der Waals surface area contributed by atoms with Crippen molar-refractivity contribution in [1.29, 1.82) is 0 Å². The Bertz CT molecular complexity index is 400. The molecule has 1 aromatic carbocycles. The van der Waals surface area contributed by atoms with Crippen molar-refractivity contribution >= 4 is 5.78 Å². The van der Waals surface area contributed by atoms with Crippen LogP contribution in [0.1, 0.15) is 74.2 Å². The van der Waals surface area contributed by atoms with Crippen molar-refractivity contribution in [3.63, 3.8) is 0 Å². The fourth-order valence-corrected chi connectivity index (χ4v) is 3.12. The predicted octanol–water partition coefficient (Wildman–Crippen LogP) is 5.18. The van der Waals surface area contributed by atoms with E-state index >= 15 is 0 Å². The highest BCUT2D eigenvalue weighted by Crippen LogP contribution is 2.25. The van der Waals surface area contributed by atoms with Gasteiger partial charge in [0.25, 0.3) is 0 Å². The summed E-state index contributed by atoms with van der Waals surface area (Å²) in [6, 6.07) is 8.30. The van der Waals surface area contributed by atoms with E-state index in [1.54, 1.807) is 0 Å². The summed E-state index contributed by atoms with van der Waals surface area (Å²) in [5.41, 5.74) is 2.25. The molecular weight excluding hydrogens is 232 g/mol. The molecule has 1 saturated carbocycles. The Labute approximate surface area is 117 Å². The van der Waals surface area contributed by atoms with Crippen molar-refractivity contribution in [1.82, 2.24) is 0 Å². The van der Waals surface area contributed by atoms with Crippen LogP contribution in [0.25, 0.3) is 0 Å². The summed E-state index contributed by atoms with van der Waals surface area (Å²) in [7, 11) is 0. The highest BCUT2D eigenvalue weighted by Gasteiger charge is 2.20. The standard InChI is InChI=1S/C18H26O/c1-2-9-15-10-8-13-17(14-15)18(19)16-11-6-4-3-5-7-12-16/h8,10,13-14,16H,2-7,9,11-12H2,1H3. The normalized spacial score (nSPS) is 17.7. The van der Waals surface area contributed by atoms with Gasteiger partial charge in [0, 0.05) is 11.5 Å². The van der Waals surface area contributed by atoms with E-state index in [-0.39, 0.29) is 5.92 Å². The van der Waals surface area contributed by atoms with Crippen LogP contribution in [0, 0.1) is 5.92 Å². The first-order valence-electron chi connectivity index (χ1n) is 7.94. The van der Waals surface area contributed by atoms with Crippen LogP contribution in [-0.4, -0.2) is 5.78 Å². The summed E-state index contributed by atoms with van der Waals surface area (Å²) in [6.07, 6.45) is 10.8. The molecule has 0 bridgehead atoms. The van der Waals surface area contributed by atoms with Gasteiger partial charge in [-0.05, 0) is 30.9 Å². The Morgan fingerprint density at radius 2 is 1.79 bits per heavy atom. The first kappa shape index (κ1) is 14.3. The summed E-state index contributed by atoms with van der Waals surface area (Å²) in [6.45, 7) is 2.18. The third kappa shape index (κ3) is 4.19. The molecular formula is C18H26O. The second-order valence-electron chi connectivity index (χ2n) is 5.86. The molecule has 0 atom stereocenters. The van der Waals surface area contributed by atoms with Crippen LogP contribution in [0.2, 0.25) is 0 Å². The first-order valence-corrected chi connectivity index (χ1v) is 7.94. The third-order valence-electron chi connectivity index (χ3n) is 4.23. The molecule has 0 radical (unpaired) electrons. The van der Waals surface area contributed by atoms with E-state index < -0.39 is 0 Å². The first-order chi connectivity index (χ1) is 9.31. The molecule has 1 fully saturated rings. The number of carbonyl (C=O) groups is 1. The van der Waals surface area contributed by atoms with Crippen LogP contribution < -0.4 is 0 Å². The fourth-order valence-electron chi connectivity index (χ4n) is 3.12. The number of ketones is 1.